The van der Waals surface area contributed by atoms with Gasteiger partial charge in [0.05, 0.1) is 19.8 Å². The molecule has 77 heavy (non-hydrogen) atoms. The van der Waals surface area contributed by atoms with Gasteiger partial charge >= 0.3 is 41.8 Å². The van der Waals surface area contributed by atoms with Gasteiger partial charge in [-0.1, -0.05) is 196 Å². The quantitative estimate of drug-likeness (QED) is 0.0242. The number of carbonyl (C=O) groups is 7. The highest BCUT2D eigenvalue weighted by atomic mass is 16.6. The normalized spacial score (nSPS) is 11.6. The number of carbonyl (C=O) groups excluding carboxylic acids is 7. The van der Waals surface area contributed by atoms with Crippen molar-refractivity contribution >= 4 is 41.8 Å². The molecule has 0 rings (SSSR count). The van der Waals surface area contributed by atoms with E-state index in [1.165, 1.54) is 0 Å². The molecule has 15 heteroatoms. The Morgan fingerprint density at radius 3 is 0.779 bits per heavy atom. The van der Waals surface area contributed by atoms with Crippen molar-refractivity contribution in [2.75, 3.05) is 66.9 Å². The fraction of sp³-hybridized carbons (Fsp3) is 0.887. The molecule has 0 aromatic heterocycles. The summed E-state index contributed by atoms with van der Waals surface area (Å²) in [7, 11) is 3.75. The van der Waals surface area contributed by atoms with Gasteiger partial charge in [-0.2, -0.15) is 0 Å². The fourth-order valence-corrected chi connectivity index (χ4v) is 9.18. The second-order valence-electron chi connectivity index (χ2n) is 22.3. The summed E-state index contributed by atoms with van der Waals surface area (Å²) in [4.78, 5) is 94.7. The van der Waals surface area contributed by atoms with Crippen molar-refractivity contribution in [3.05, 3.63) is 0 Å². The van der Waals surface area contributed by atoms with Crippen molar-refractivity contribution < 1.29 is 66.7 Å². The highest BCUT2D eigenvalue weighted by molar-refractivity contribution is 5.92. The van der Waals surface area contributed by atoms with Crippen molar-refractivity contribution in [3.63, 3.8) is 0 Å². The SMILES string of the molecule is CCCCCCC(CCCCCC)COC(=O)CC(=O)OCC(COC(=O)CCCN(C)C)(COC(=O)CC(=O)OCC(CCCCCC)CCCCCC)COC(=O)CC(=O)OCC(CCCCCC)CCCCCC. The minimum atomic E-state index is -1.72. The Morgan fingerprint density at radius 2 is 0.545 bits per heavy atom. The standard InChI is InChI=1S/C62H113NO14/c1-9-15-21-27-34-52(35-28-22-16-10-2)45-71-56(65)42-59(68)75-49-62(48-74-55(64)40-33-41-63(7)8,50-76-60(69)43-57(66)72-46-53(36-29-23-17-11-3)37-30-24-18-12-4)51-77-61(70)44-58(67)73-47-54(38-31-25-19-13-5)39-32-26-20-14-6/h52-54H,9-51H2,1-8H3. The Bertz CT molecular complexity index is 1330. The zero-order chi connectivity index (χ0) is 57.2. The predicted molar refractivity (Wildman–Crippen MR) is 304 cm³/mol. The van der Waals surface area contributed by atoms with Crippen LogP contribution in [0, 0.1) is 23.2 Å². The van der Waals surface area contributed by atoms with Crippen LogP contribution in [0.25, 0.3) is 0 Å². The van der Waals surface area contributed by atoms with Gasteiger partial charge in [-0.3, -0.25) is 33.6 Å². The number of esters is 7. The average molecular weight is 1100 g/mol. The zero-order valence-corrected chi connectivity index (χ0v) is 50.3. The van der Waals surface area contributed by atoms with Crippen LogP contribution in [0.1, 0.15) is 266 Å². The van der Waals surface area contributed by atoms with Gasteiger partial charge in [-0.05, 0) is 83.3 Å². The fourth-order valence-electron chi connectivity index (χ4n) is 9.18. The van der Waals surface area contributed by atoms with Gasteiger partial charge in [-0.25, -0.2) is 0 Å². The topological polar surface area (TPSA) is 187 Å². The van der Waals surface area contributed by atoms with Gasteiger partial charge in [0.2, 0.25) is 0 Å². The van der Waals surface area contributed by atoms with Crippen molar-refractivity contribution in [1.29, 1.82) is 0 Å². The first kappa shape index (κ1) is 73.2. The van der Waals surface area contributed by atoms with Crippen LogP contribution in [0.15, 0.2) is 0 Å². The van der Waals surface area contributed by atoms with Gasteiger partial charge in [0, 0.05) is 6.42 Å². The largest absolute Gasteiger partial charge is 0.465 e. The molecule has 0 aromatic carbocycles. The summed E-state index contributed by atoms with van der Waals surface area (Å²) in [6.07, 6.45) is 30.2. The molecule has 0 N–H and O–H groups in total. The summed E-state index contributed by atoms with van der Waals surface area (Å²) in [6, 6.07) is 0. The van der Waals surface area contributed by atoms with E-state index in [1.807, 2.05) is 19.0 Å². The molecule has 0 fully saturated rings. The molecule has 0 bridgehead atoms. The van der Waals surface area contributed by atoms with Gasteiger partial charge in [0.25, 0.3) is 0 Å². The van der Waals surface area contributed by atoms with Crippen LogP contribution in [0.3, 0.4) is 0 Å². The van der Waals surface area contributed by atoms with Crippen molar-refractivity contribution in [1.82, 2.24) is 4.90 Å². The molecule has 15 nitrogen and oxygen atoms in total. The van der Waals surface area contributed by atoms with Crippen LogP contribution >= 0.6 is 0 Å². The molecule has 0 aliphatic rings. The molecule has 0 saturated heterocycles. The van der Waals surface area contributed by atoms with Crippen LogP contribution in [0.2, 0.25) is 0 Å². The van der Waals surface area contributed by atoms with Gasteiger partial charge in [-0.15, -0.1) is 0 Å². The average Bonchev–Trinajstić information content (AvgIpc) is 3.40. The van der Waals surface area contributed by atoms with E-state index in [4.69, 9.17) is 33.2 Å². The highest BCUT2D eigenvalue weighted by Gasteiger charge is 2.39. The number of hydrogen-bond donors (Lipinski definition) is 0. The molecule has 0 aromatic rings. The Labute approximate surface area is 468 Å². The summed E-state index contributed by atoms with van der Waals surface area (Å²) in [5.41, 5.74) is -1.72. The first-order valence-electron chi connectivity index (χ1n) is 30.9. The number of unbranched alkanes of at least 4 members (excludes halogenated alkanes) is 18. The number of rotatable bonds is 54. The zero-order valence-electron chi connectivity index (χ0n) is 50.3. The second-order valence-corrected chi connectivity index (χ2v) is 22.3. The van der Waals surface area contributed by atoms with E-state index < -0.39 is 92.9 Å². The van der Waals surface area contributed by atoms with Crippen molar-refractivity contribution in [2.24, 2.45) is 23.2 Å². The number of ether oxygens (including phenoxy) is 7. The molecule has 0 heterocycles. The lowest BCUT2D eigenvalue weighted by Crippen LogP contribution is -2.44. The molecule has 0 radical (unpaired) electrons. The summed E-state index contributed by atoms with van der Waals surface area (Å²) in [5, 5.41) is 0. The highest BCUT2D eigenvalue weighted by Crippen LogP contribution is 2.25. The summed E-state index contributed by atoms with van der Waals surface area (Å²) in [5.74, 6) is -5.25. The van der Waals surface area contributed by atoms with Crippen LogP contribution in [-0.4, -0.2) is 114 Å². The maximum absolute atomic E-state index is 13.4. The smallest absolute Gasteiger partial charge is 0.317 e. The van der Waals surface area contributed by atoms with E-state index >= 15 is 0 Å². The second kappa shape index (κ2) is 50.5. The Kier molecular flexibility index (Phi) is 48.0. The van der Waals surface area contributed by atoms with E-state index in [2.05, 4.69) is 41.5 Å². The first-order valence-corrected chi connectivity index (χ1v) is 30.9. The molecule has 0 atom stereocenters. The maximum atomic E-state index is 13.4. The summed E-state index contributed by atoms with van der Waals surface area (Å²) in [6.45, 7) is 11.7. The van der Waals surface area contributed by atoms with Gasteiger partial charge in [0.15, 0.2) is 0 Å². The molecule has 450 valence electrons. The van der Waals surface area contributed by atoms with E-state index in [9.17, 15) is 33.6 Å². The lowest BCUT2D eigenvalue weighted by Gasteiger charge is -2.31. The molecule has 0 saturated carbocycles. The van der Waals surface area contributed by atoms with E-state index in [0.29, 0.717) is 13.0 Å². The molecule has 0 aliphatic carbocycles. The van der Waals surface area contributed by atoms with Crippen molar-refractivity contribution in [2.45, 2.75) is 266 Å². The monoisotopic (exact) mass is 1100 g/mol. The predicted octanol–water partition coefficient (Wildman–Crippen LogP) is 14.0. The van der Waals surface area contributed by atoms with Crippen LogP contribution < -0.4 is 0 Å². The van der Waals surface area contributed by atoms with E-state index in [-0.39, 0.29) is 44.0 Å². The lowest BCUT2D eigenvalue weighted by molar-refractivity contribution is -0.172. The third-order valence-corrected chi connectivity index (χ3v) is 14.2. The minimum Gasteiger partial charge on any atom is -0.465 e. The molecule has 0 amide bonds. The molecular formula is C62H113NO14. The third kappa shape index (κ3) is 44.8. The van der Waals surface area contributed by atoms with Crippen LogP contribution in [0.4, 0.5) is 0 Å². The van der Waals surface area contributed by atoms with E-state index in [0.717, 1.165) is 193 Å². The first-order chi connectivity index (χ1) is 37.2. The van der Waals surface area contributed by atoms with Gasteiger partial charge in [0.1, 0.15) is 51.1 Å². The molecule has 0 aliphatic heterocycles. The minimum absolute atomic E-state index is 0.0335. The Hall–Kier alpha value is -3.75. The lowest BCUT2D eigenvalue weighted by atomic mass is 9.92. The van der Waals surface area contributed by atoms with Crippen LogP contribution in [-0.2, 0) is 66.7 Å². The maximum Gasteiger partial charge on any atom is 0.317 e. The van der Waals surface area contributed by atoms with Crippen LogP contribution in [0.5, 0.6) is 0 Å². The number of hydrogen-bond acceptors (Lipinski definition) is 15. The molecule has 0 unspecified atom stereocenters. The molecule has 0 spiro atoms. The van der Waals surface area contributed by atoms with Crippen molar-refractivity contribution in [3.8, 4) is 0 Å². The van der Waals surface area contributed by atoms with Gasteiger partial charge < -0.3 is 38.1 Å². The Balaban J connectivity index is 6.42. The number of nitrogens with zero attached hydrogens (tertiary/aromatic N) is 1. The van der Waals surface area contributed by atoms with E-state index in [1.54, 1.807) is 0 Å². The summed E-state index contributed by atoms with van der Waals surface area (Å²) >= 11 is 0. The Morgan fingerprint density at radius 1 is 0.312 bits per heavy atom. The molecular weight excluding hydrogens is 983 g/mol. The summed E-state index contributed by atoms with van der Waals surface area (Å²) < 4.78 is 39.6. The third-order valence-electron chi connectivity index (χ3n) is 14.2.